The minimum Gasteiger partial charge on any atom is -0.372 e. The standard InChI is InChI=1S/C18H25N3O2/c1-2-8-15-18(23)21(16-10-5-4-9-14(16)19-15)13-17(22)20-11-6-3-7-12-20/h4-5,9-10,15,19H,2-3,6-8,11-13H2,1H3. The highest BCUT2D eigenvalue weighted by molar-refractivity contribution is 6.07. The molecule has 2 amide bonds. The van der Waals surface area contributed by atoms with E-state index >= 15 is 0 Å². The second kappa shape index (κ2) is 7.02. The van der Waals surface area contributed by atoms with Gasteiger partial charge in [-0.25, -0.2) is 0 Å². The van der Waals surface area contributed by atoms with Gasteiger partial charge < -0.3 is 10.2 Å². The lowest BCUT2D eigenvalue weighted by atomic mass is 10.0. The van der Waals surface area contributed by atoms with E-state index in [2.05, 4.69) is 12.2 Å². The molecule has 23 heavy (non-hydrogen) atoms. The van der Waals surface area contributed by atoms with E-state index in [0.717, 1.165) is 50.1 Å². The third-order valence-electron chi connectivity index (χ3n) is 4.67. The Balaban J connectivity index is 1.80. The molecular formula is C18H25N3O2. The highest BCUT2D eigenvalue weighted by Crippen LogP contribution is 2.32. The number of nitrogens with one attached hydrogen (secondary N) is 1. The van der Waals surface area contributed by atoms with Gasteiger partial charge in [0.2, 0.25) is 11.8 Å². The van der Waals surface area contributed by atoms with Crippen molar-refractivity contribution in [3.8, 4) is 0 Å². The topological polar surface area (TPSA) is 52.7 Å². The normalized spacial score (nSPS) is 20.9. The van der Waals surface area contributed by atoms with Crippen LogP contribution in [0.3, 0.4) is 0 Å². The highest BCUT2D eigenvalue weighted by Gasteiger charge is 2.33. The first-order chi connectivity index (χ1) is 11.2. The third kappa shape index (κ3) is 3.33. The van der Waals surface area contributed by atoms with E-state index in [4.69, 9.17) is 0 Å². The molecule has 1 saturated heterocycles. The summed E-state index contributed by atoms with van der Waals surface area (Å²) < 4.78 is 0. The maximum atomic E-state index is 12.8. The molecule has 5 nitrogen and oxygen atoms in total. The van der Waals surface area contributed by atoms with E-state index in [1.54, 1.807) is 4.90 Å². The fourth-order valence-electron chi connectivity index (χ4n) is 3.41. The smallest absolute Gasteiger partial charge is 0.250 e. The summed E-state index contributed by atoms with van der Waals surface area (Å²) in [6, 6.07) is 7.51. The molecule has 1 aromatic carbocycles. The number of likely N-dealkylation sites (tertiary alicyclic amines) is 1. The number of fused-ring (bicyclic) bond motifs is 1. The minimum absolute atomic E-state index is 0.0101. The van der Waals surface area contributed by atoms with Gasteiger partial charge in [0.05, 0.1) is 11.4 Å². The number of hydrogen-bond donors (Lipinski definition) is 1. The Morgan fingerprint density at radius 2 is 1.96 bits per heavy atom. The lowest BCUT2D eigenvalue weighted by Crippen LogP contribution is -2.51. The average molecular weight is 315 g/mol. The van der Waals surface area contributed by atoms with Gasteiger partial charge in [0, 0.05) is 13.1 Å². The van der Waals surface area contributed by atoms with Crippen molar-refractivity contribution in [1.82, 2.24) is 4.90 Å². The van der Waals surface area contributed by atoms with E-state index in [0.29, 0.717) is 0 Å². The number of hydrogen-bond acceptors (Lipinski definition) is 3. The van der Waals surface area contributed by atoms with Crippen molar-refractivity contribution in [3.05, 3.63) is 24.3 Å². The first-order valence-electron chi connectivity index (χ1n) is 8.65. The molecule has 0 saturated carbocycles. The Morgan fingerprint density at radius 1 is 1.22 bits per heavy atom. The highest BCUT2D eigenvalue weighted by atomic mass is 16.2. The Morgan fingerprint density at radius 3 is 2.70 bits per heavy atom. The lowest BCUT2D eigenvalue weighted by molar-refractivity contribution is -0.132. The Kier molecular flexibility index (Phi) is 4.84. The van der Waals surface area contributed by atoms with Gasteiger partial charge in [-0.3, -0.25) is 14.5 Å². The Hall–Kier alpha value is -2.04. The van der Waals surface area contributed by atoms with E-state index in [-0.39, 0.29) is 24.4 Å². The molecule has 0 aliphatic carbocycles. The van der Waals surface area contributed by atoms with E-state index in [9.17, 15) is 9.59 Å². The molecule has 124 valence electrons. The predicted molar refractivity (Wildman–Crippen MR) is 91.5 cm³/mol. The minimum atomic E-state index is -0.232. The number of para-hydroxylation sites is 2. The van der Waals surface area contributed by atoms with Gasteiger partial charge in [-0.05, 0) is 37.8 Å². The molecule has 1 aromatic rings. The SMILES string of the molecule is CCCC1Nc2ccccc2N(CC(=O)N2CCCCC2)C1=O. The van der Waals surface area contributed by atoms with Gasteiger partial charge in [0.15, 0.2) is 0 Å². The average Bonchev–Trinajstić information content (AvgIpc) is 2.59. The summed E-state index contributed by atoms with van der Waals surface area (Å²) in [5, 5.41) is 3.31. The number of piperidine rings is 1. The van der Waals surface area contributed by atoms with E-state index in [1.807, 2.05) is 29.2 Å². The number of rotatable bonds is 4. The molecule has 0 bridgehead atoms. The molecule has 2 heterocycles. The van der Waals surface area contributed by atoms with Gasteiger partial charge in [0.1, 0.15) is 12.6 Å². The lowest BCUT2D eigenvalue weighted by Gasteiger charge is -2.36. The monoisotopic (exact) mass is 315 g/mol. The molecule has 5 heteroatoms. The molecular weight excluding hydrogens is 290 g/mol. The van der Waals surface area contributed by atoms with Crippen LogP contribution >= 0.6 is 0 Å². The summed E-state index contributed by atoms with van der Waals surface area (Å²) >= 11 is 0. The first kappa shape index (κ1) is 15.8. The number of benzene rings is 1. The van der Waals surface area contributed by atoms with Crippen molar-refractivity contribution in [1.29, 1.82) is 0 Å². The molecule has 2 aliphatic heterocycles. The van der Waals surface area contributed by atoms with Crippen molar-refractivity contribution < 1.29 is 9.59 Å². The molecule has 1 N–H and O–H groups in total. The zero-order chi connectivity index (χ0) is 16.2. The largest absolute Gasteiger partial charge is 0.372 e. The maximum Gasteiger partial charge on any atom is 0.250 e. The van der Waals surface area contributed by atoms with Crippen LogP contribution in [0.25, 0.3) is 0 Å². The Labute approximate surface area is 137 Å². The van der Waals surface area contributed by atoms with Crippen LogP contribution in [-0.2, 0) is 9.59 Å². The first-order valence-corrected chi connectivity index (χ1v) is 8.65. The zero-order valence-corrected chi connectivity index (χ0v) is 13.8. The second-order valence-corrected chi connectivity index (χ2v) is 6.37. The number of carbonyl (C=O) groups excluding carboxylic acids is 2. The summed E-state index contributed by atoms with van der Waals surface area (Å²) in [7, 11) is 0. The molecule has 0 aromatic heterocycles. The van der Waals surface area contributed by atoms with Crippen LogP contribution in [-0.4, -0.2) is 42.4 Å². The van der Waals surface area contributed by atoms with Crippen LogP contribution in [0.1, 0.15) is 39.0 Å². The fourth-order valence-corrected chi connectivity index (χ4v) is 3.41. The number of nitrogens with zero attached hydrogens (tertiary/aromatic N) is 2. The molecule has 1 fully saturated rings. The summed E-state index contributed by atoms with van der Waals surface area (Å²) in [5.74, 6) is 0.0703. The summed E-state index contributed by atoms with van der Waals surface area (Å²) in [5.41, 5.74) is 1.76. The van der Waals surface area contributed by atoms with E-state index in [1.165, 1.54) is 6.42 Å². The molecule has 1 unspecified atom stereocenters. The molecule has 0 radical (unpaired) electrons. The van der Waals surface area contributed by atoms with Gasteiger partial charge >= 0.3 is 0 Å². The Bertz CT molecular complexity index is 581. The third-order valence-corrected chi connectivity index (χ3v) is 4.67. The zero-order valence-electron chi connectivity index (χ0n) is 13.8. The summed E-state index contributed by atoms with van der Waals surface area (Å²) in [6.07, 6.45) is 5.03. The van der Waals surface area contributed by atoms with Crippen LogP contribution < -0.4 is 10.2 Å². The fraction of sp³-hybridized carbons (Fsp3) is 0.556. The number of carbonyl (C=O) groups is 2. The van der Waals surface area contributed by atoms with E-state index < -0.39 is 0 Å². The molecule has 1 atom stereocenters. The van der Waals surface area contributed by atoms with Gasteiger partial charge in [-0.1, -0.05) is 25.5 Å². The van der Waals surface area contributed by atoms with Gasteiger partial charge in [-0.2, -0.15) is 0 Å². The van der Waals surface area contributed by atoms with Crippen molar-refractivity contribution in [3.63, 3.8) is 0 Å². The predicted octanol–water partition coefficient (Wildman–Crippen LogP) is 2.63. The van der Waals surface area contributed by atoms with Crippen molar-refractivity contribution in [2.45, 2.75) is 45.1 Å². The number of amides is 2. The van der Waals surface area contributed by atoms with Gasteiger partial charge in [0.25, 0.3) is 0 Å². The molecule has 3 rings (SSSR count). The van der Waals surface area contributed by atoms with Crippen LogP contribution in [0.5, 0.6) is 0 Å². The van der Waals surface area contributed by atoms with Gasteiger partial charge in [-0.15, -0.1) is 0 Å². The van der Waals surface area contributed by atoms with Crippen molar-refractivity contribution in [2.75, 3.05) is 29.9 Å². The number of anilines is 2. The van der Waals surface area contributed by atoms with Crippen LogP contribution in [0.4, 0.5) is 11.4 Å². The quantitative estimate of drug-likeness (QED) is 0.929. The van der Waals surface area contributed by atoms with Crippen LogP contribution in [0, 0.1) is 0 Å². The van der Waals surface area contributed by atoms with Crippen molar-refractivity contribution in [2.24, 2.45) is 0 Å². The summed E-state index contributed by atoms with van der Waals surface area (Å²) in [6.45, 7) is 3.86. The van der Waals surface area contributed by atoms with Crippen LogP contribution in [0.15, 0.2) is 24.3 Å². The molecule has 2 aliphatic rings. The summed E-state index contributed by atoms with van der Waals surface area (Å²) in [4.78, 5) is 29.0. The maximum absolute atomic E-state index is 12.8. The molecule has 0 spiro atoms. The van der Waals surface area contributed by atoms with Crippen LogP contribution in [0.2, 0.25) is 0 Å². The second-order valence-electron chi connectivity index (χ2n) is 6.37. The van der Waals surface area contributed by atoms with Crippen molar-refractivity contribution >= 4 is 23.2 Å².